The van der Waals surface area contributed by atoms with E-state index in [1.807, 2.05) is 0 Å². The number of nitrogens with zero attached hydrogens (tertiary/aromatic N) is 1. The van der Waals surface area contributed by atoms with Crippen molar-refractivity contribution in [3.05, 3.63) is 77.4 Å². The van der Waals surface area contributed by atoms with Crippen molar-refractivity contribution in [2.75, 3.05) is 6.61 Å². The average molecular weight is 331 g/mol. The highest BCUT2D eigenvalue weighted by molar-refractivity contribution is 5.80. The summed E-state index contributed by atoms with van der Waals surface area (Å²) in [5.41, 5.74) is 0.898. The fourth-order valence-corrected chi connectivity index (χ4v) is 3.04. The molecule has 124 valence electrons. The Hall–Kier alpha value is -2.73. The molecule has 0 aromatic heterocycles. The smallest absolute Gasteiger partial charge is 0.408 e. The van der Waals surface area contributed by atoms with Crippen molar-refractivity contribution in [1.29, 1.82) is 0 Å². The van der Waals surface area contributed by atoms with E-state index in [9.17, 15) is 23.8 Å². The largest absolute Gasteiger partial charge is 0.465 e. The van der Waals surface area contributed by atoms with Gasteiger partial charge in [0.1, 0.15) is 11.6 Å². The number of halogens is 2. The molecule has 0 bridgehead atoms. The van der Waals surface area contributed by atoms with Crippen molar-refractivity contribution in [2.45, 2.75) is 12.1 Å². The standard InChI is InChI=1S/C18H15F2NO3/c19-12-6-7-15(20)13(8-12)14-9-16(11-4-2-1-3-5-11)21(18(23)24)17(14)10-22/h1-9,16-17,22H,10H2,(H,23,24)/t16-,17-/m0/s1. The lowest BCUT2D eigenvalue weighted by Gasteiger charge is -2.28. The van der Waals surface area contributed by atoms with Gasteiger partial charge in [-0.1, -0.05) is 36.4 Å². The van der Waals surface area contributed by atoms with Gasteiger partial charge in [0, 0.05) is 5.56 Å². The van der Waals surface area contributed by atoms with Crippen LogP contribution >= 0.6 is 0 Å². The van der Waals surface area contributed by atoms with E-state index in [2.05, 4.69) is 0 Å². The third-order valence-electron chi connectivity index (χ3n) is 4.11. The SMILES string of the molecule is O=C(O)N1[C@@H](CO)C(c2cc(F)ccc2F)=C[C@H]1c1ccccc1. The van der Waals surface area contributed by atoms with Crippen LogP contribution in [0.25, 0.3) is 5.57 Å². The minimum absolute atomic E-state index is 0.0428. The molecule has 0 saturated carbocycles. The summed E-state index contributed by atoms with van der Waals surface area (Å²) in [5.74, 6) is -1.30. The number of benzene rings is 2. The summed E-state index contributed by atoms with van der Waals surface area (Å²) in [6.45, 7) is -0.530. The Morgan fingerprint density at radius 1 is 1.12 bits per heavy atom. The third-order valence-corrected chi connectivity index (χ3v) is 4.11. The van der Waals surface area contributed by atoms with E-state index in [4.69, 9.17) is 0 Å². The van der Waals surface area contributed by atoms with Gasteiger partial charge >= 0.3 is 6.09 Å². The maximum atomic E-state index is 14.1. The van der Waals surface area contributed by atoms with Crippen molar-refractivity contribution in [3.63, 3.8) is 0 Å². The molecule has 24 heavy (non-hydrogen) atoms. The lowest BCUT2D eigenvalue weighted by molar-refractivity contribution is 0.109. The monoisotopic (exact) mass is 331 g/mol. The second-order valence-electron chi connectivity index (χ2n) is 5.49. The summed E-state index contributed by atoms with van der Waals surface area (Å²) in [6.07, 6.45) is 0.313. The first kappa shape index (κ1) is 16.1. The zero-order valence-corrected chi connectivity index (χ0v) is 12.6. The molecule has 2 atom stereocenters. The van der Waals surface area contributed by atoms with E-state index in [1.54, 1.807) is 36.4 Å². The number of aliphatic hydroxyl groups excluding tert-OH is 1. The predicted molar refractivity (Wildman–Crippen MR) is 84.3 cm³/mol. The molecule has 0 unspecified atom stereocenters. The molecule has 0 radical (unpaired) electrons. The fourth-order valence-electron chi connectivity index (χ4n) is 3.04. The summed E-state index contributed by atoms with van der Waals surface area (Å²) < 4.78 is 27.7. The molecular formula is C18H15F2NO3. The van der Waals surface area contributed by atoms with Gasteiger partial charge in [0.05, 0.1) is 18.7 Å². The molecular weight excluding hydrogens is 316 g/mol. The van der Waals surface area contributed by atoms with E-state index in [-0.39, 0.29) is 11.1 Å². The van der Waals surface area contributed by atoms with Crippen LogP contribution in [0.5, 0.6) is 0 Å². The molecule has 3 rings (SSSR count). The molecule has 1 amide bonds. The number of rotatable bonds is 3. The van der Waals surface area contributed by atoms with Gasteiger partial charge in [-0.3, -0.25) is 4.90 Å². The van der Waals surface area contributed by atoms with Crippen molar-refractivity contribution in [1.82, 2.24) is 4.90 Å². The summed E-state index contributed by atoms with van der Waals surface area (Å²) in [4.78, 5) is 12.7. The Morgan fingerprint density at radius 3 is 2.46 bits per heavy atom. The van der Waals surface area contributed by atoms with Gasteiger partial charge in [0.2, 0.25) is 0 Å². The van der Waals surface area contributed by atoms with Crippen molar-refractivity contribution in [3.8, 4) is 0 Å². The molecule has 4 nitrogen and oxygen atoms in total. The topological polar surface area (TPSA) is 60.8 Å². The second-order valence-corrected chi connectivity index (χ2v) is 5.49. The molecule has 0 saturated heterocycles. The van der Waals surface area contributed by atoms with Crippen molar-refractivity contribution >= 4 is 11.7 Å². The maximum Gasteiger partial charge on any atom is 0.408 e. The van der Waals surface area contributed by atoms with Crippen LogP contribution in [-0.4, -0.2) is 33.9 Å². The van der Waals surface area contributed by atoms with E-state index >= 15 is 0 Å². The van der Waals surface area contributed by atoms with Gasteiger partial charge in [0.15, 0.2) is 0 Å². The van der Waals surface area contributed by atoms with Gasteiger partial charge in [-0.15, -0.1) is 0 Å². The number of amides is 1. The van der Waals surface area contributed by atoms with Crippen molar-refractivity contribution in [2.24, 2.45) is 0 Å². The highest BCUT2D eigenvalue weighted by atomic mass is 19.1. The molecule has 0 aliphatic carbocycles. The molecule has 1 aliphatic rings. The highest BCUT2D eigenvalue weighted by Gasteiger charge is 2.39. The molecule has 6 heteroatoms. The lowest BCUT2D eigenvalue weighted by Crippen LogP contribution is -2.40. The Bertz CT molecular complexity index is 792. The Balaban J connectivity index is 2.13. The molecule has 1 aliphatic heterocycles. The molecule has 2 aromatic rings. The van der Waals surface area contributed by atoms with Crippen LogP contribution < -0.4 is 0 Å². The third kappa shape index (κ3) is 2.76. The average Bonchev–Trinajstić information content (AvgIpc) is 2.97. The van der Waals surface area contributed by atoms with Gasteiger partial charge < -0.3 is 10.2 Å². The van der Waals surface area contributed by atoms with Crippen molar-refractivity contribution < 1.29 is 23.8 Å². The van der Waals surface area contributed by atoms with Crippen LogP contribution in [0.4, 0.5) is 13.6 Å². The van der Waals surface area contributed by atoms with E-state index in [1.165, 1.54) is 0 Å². The summed E-state index contributed by atoms with van der Waals surface area (Å²) >= 11 is 0. The maximum absolute atomic E-state index is 14.1. The van der Waals surface area contributed by atoms with Gasteiger partial charge in [-0.05, 0) is 29.3 Å². The first-order valence-corrected chi connectivity index (χ1v) is 7.37. The quantitative estimate of drug-likeness (QED) is 0.906. The summed E-state index contributed by atoms with van der Waals surface area (Å²) in [6, 6.07) is 10.2. The van der Waals surface area contributed by atoms with Gasteiger partial charge in [0.25, 0.3) is 0 Å². The van der Waals surface area contributed by atoms with Crippen LogP contribution in [0, 0.1) is 11.6 Å². The van der Waals surface area contributed by atoms with E-state index in [0.29, 0.717) is 5.56 Å². The number of carboxylic acid groups (broad SMARTS) is 1. The summed E-state index contributed by atoms with van der Waals surface area (Å²) in [5, 5.41) is 19.2. The van der Waals surface area contributed by atoms with Gasteiger partial charge in [-0.2, -0.15) is 0 Å². The number of carbonyl (C=O) groups is 1. The molecule has 0 fully saturated rings. The van der Waals surface area contributed by atoms with E-state index < -0.39 is 36.4 Å². The summed E-state index contributed by atoms with van der Waals surface area (Å²) in [7, 11) is 0. The number of hydrogen-bond donors (Lipinski definition) is 2. The number of aliphatic hydroxyl groups is 1. The zero-order valence-electron chi connectivity index (χ0n) is 12.6. The Kier molecular flexibility index (Phi) is 4.31. The molecule has 1 heterocycles. The van der Waals surface area contributed by atoms with Crippen LogP contribution in [-0.2, 0) is 0 Å². The Labute approximate surface area is 137 Å². The van der Waals surface area contributed by atoms with Crippen LogP contribution in [0.1, 0.15) is 17.2 Å². The predicted octanol–water partition coefficient (Wildman–Crippen LogP) is 3.44. The minimum Gasteiger partial charge on any atom is -0.465 e. The highest BCUT2D eigenvalue weighted by Crippen LogP contribution is 2.40. The Morgan fingerprint density at radius 2 is 1.83 bits per heavy atom. The normalized spacial score (nSPS) is 20.1. The lowest BCUT2D eigenvalue weighted by atomic mass is 9.99. The second kappa shape index (κ2) is 6.41. The first-order valence-electron chi connectivity index (χ1n) is 7.37. The van der Waals surface area contributed by atoms with Crippen LogP contribution in [0.3, 0.4) is 0 Å². The molecule has 2 N–H and O–H groups in total. The molecule has 2 aromatic carbocycles. The van der Waals surface area contributed by atoms with Crippen LogP contribution in [0.2, 0.25) is 0 Å². The fraction of sp³-hybridized carbons (Fsp3) is 0.167. The van der Waals surface area contributed by atoms with Gasteiger partial charge in [-0.25, -0.2) is 13.6 Å². The minimum atomic E-state index is -1.24. The zero-order chi connectivity index (χ0) is 17.3. The van der Waals surface area contributed by atoms with Crippen LogP contribution in [0.15, 0.2) is 54.6 Å². The number of hydrogen-bond acceptors (Lipinski definition) is 2. The van der Waals surface area contributed by atoms with E-state index in [0.717, 1.165) is 23.1 Å². The first-order chi connectivity index (χ1) is 11.5. The molecule has 0 spiro atoms.